The fraction of sp³-hybridized carbons (Fsp3) is 0.0909. The average molecular weight is 252 g/mol. The lowest BCUT2D eigenvalue weighted by Gasteiger charge is -2.04. The van der Waals surface area contributed by atoms with Crippen molar-refractivity contribution in [3.8, 4) is 5.88 Å². The molecule has 17 heavy (non-hydrogen) atoms. The highest BCUT2D eigenvalue weighted by Gasteiger charge is 2.08. The van der Waals surface area contributed by atoms with E-state index in [1.807, 2.05) is 0 Å². The van der Waals surface area contributed by atoms with Gasteiger partial charge in [0.05, 0.1) is 24.0 Å². The SMILES string of the molecule is COc1ccc(NC(=O)c2cc(Cl)c[nH]2)cn1. The Kier molecular flexibility index (Phi) is 3.30. The molecule has 2 aromatic rings. The monoisotopic (exact) mass is 251 g/mol. The number of pyridine rings is 1. The molecule has 0 aliphatic heterocycles. The second-order valence-corrected chi connectivity index (χ2v) is 3.71. The molecular weight excluding hydrogens is 242 g/mol. The van der Waals surface area contributed by atoms with Gasteiger partial charge in [0.25, 0.3) is 5.91 Å². The van der Waals surface area contributed by atoms with E-state index < -0.39 is 0 Å². The normalized spacial score (nSPS) is 10.0. The zero-order chi connectivity index (χ0) is 12.3. The minimum Gasteiger partial charge on any atom is -0.481 e. The number of carbonyl (C=O) groups is 1. The number of methoxy groups -OCH3 is 1. The lowest BCUT2D eigenvalue weighted by Crippen LogP contribution is -2.12. The van der Waals surface area contributed by atoms with Crippen molar-refractivity contribution < 1.29 is 9.53 Å². The smallest absolute Gasteiger partial charge is 0.272 e. The van der Waals surface area contributed by atoms with Crippen LogP contribution in [0, 0.1) is 0 Å². The molecule has 2 aromatic heterocycles. The number of carbonyl (C=O) groups excluding carboxylic acids is 1. The van der Waals surface area contributed by atoms with Crippen LogP contribution in [0.1, 0.15) is 10.5 Å². The number of ether oxygens (including phenoxy) is 1. The summed E-state index contributed by atoms with van der Waals surface area (Å²) in [5, 5.41) is 3.16. The van der Waals surface area contributed by atoms with E-state index in [-0.39, 0.29) is 5.91 Å². The predicted molar refractivity (Wildman–Crippen MR) is 64.5 cm³/mol. The predicted octanol–water partition coefficient (Wildman–Crippen LogP) is 2.32. The fourth-order valence-corrected chi connectivity index (χ4v) is 1.44. The molecule has 0 aliphatic carbocycles. The number of amides is 1. The standard InChI is InChI=1S/C11H10ClN3O2/c1-17-10-3-2-8(6-14-10)15-11(16)9-4-7(12)5-13-9/h2-6,13H,1H3,(H,15,16). The minimum atomic E-state index is -0.274. The first-order chi connectivity index (χ1) is 8.19. The molecule has 0 unspecified atom stereocenters. The molecule has 6 heteroatoms. The Hall–Kier alpha value is -2.01. The first-order valence-electron chi connectivity index (χ1n) is 4.84. The molecule has 0 aliphatic rings. The van der Waals surface area contributed by atoms with Crippen molar-refractivity contribution in [3.63, 3.8) is 0 Å². The molecule has 0 radical (unpaired) electrons. The number of nitrogens with one attached hydrogen (secondary N) is 2. The number of nitrogens with zero attached hydrogens (tertiary/aromatic N) is 1. The molecule has 1 amide bonds. The molecule has 0 atom stereocenters. The maximum absolute atomic E-state index is 11.7. The molecule has 5 nitrogen and oxygen atoms in total. The number of aromatic amines is 1. The Bertz CT molecular complexity index is 522. The Morgan fingerprint density at radius 3 is 2.88 bits per heavy atom. The molecule has 0 saturated carbocycles. The molecule has 88 valence electrons. The van der Waals surface area contributed by atoms with Crippen LogP contribution in [-0.4, -0.2) is 23.0 Å². The zero-order valence-corrected chi connectivity index (χ0v) is 9.78. The molecule has 2 N–H and O–H groups in total. The summed E-state index contributed by atoms with van der Waals surface area (Å²) in [7, 11) is 1.53. The van der Waals surface area contributed by atoms with Crippen LogP contribution >= 0.6 is 11.6 Å². The molecule has 0 saturated heterocycles. The van der Waals surface area contributed by atoms with E-state index in [4.69, 9.17) is 16.3 Å². The maximum atomic E-state index is 11.7. The zero-order valence-electron chi connectivity index (χ0n) is 9.03. The van der Waals surface area contributed by atoms with E-state index in [0.29, 0.717) is 22.3 Å². The maximum Gasteiger partial charge on any atom is 0.272 e. The van der Waals surface area contributed by atoms with Gasteiger partial charge in [-0.05, 0) is 12.1 Å². The first-order valence-corrected chi connectivity index (χ1v) is 5.22. The van der Waals surface area contributed by atoms with E-state index >= 15 is 0 Å². The number of anilines is 1. The van der Waals surface area contributed by atoms with Crippen molar-refractivity contribution in [2.45, 2.75) is 0 Å². The quantitative estimate of drug-likeness (QED) is 0.880. The molecule has 0 fully saturated rings. The van der Waals surface area contributed by atoms with Crippen molar-refractivity contribution in [1.29, 1.82) is 0 Å². The summed E-state index contributed by atoms with van der Waals surface area (Å²) in [6.45, 7) is 0. The summed E-state index contributed by atoms with van der Waals surface area (Å²) in [6, 6.07) is 4.92. The summed E-state index contributed by atoms with van der Waals surface area (Å²) in [4.78, 5) is 18.5. The van der Waals surface area contributed by atoms with E-state index in [2.05, 4.69) is 15.3 Å². The van der Waals surface area contributed by atoms with Crippen LogP contribution in [0.5, 0.6) is 5.88 Å². The highest BCUT2D eigenvalue weighted by atomic mass is 35.5. The van der Waals surface area contributed by atoms with Gasteiger partial charge in [0.2, 0.25) is 5.88 Å². The molecule has 0 bridgehead atoms. The van der Waals surface area contributed by atoms with E-state index in [0.717, 1.165) is 0 Å². The summed E-state index contributed by atoms with van der Waals surface area (Å²) in [6.07, 6.45) is 3.06. The van der Waals surface area contributed by atoms with Crippen LogP contribution in [0.15, 0.2) is 30.6 Å². The first kappa shape index (κ1) is 11.5. The number of H-pyrrole nitrogens is 1. The van der Waals surface area contributed by atoms with Crippen LogP contribution < -0.4 is 10.1 Å². The van der Waals surface area contributed by atoms with E-state index in [1.165, 1.54) is 13.3 Å². The van der Waals surface area contributed by atoms with E-state index in [1.54, 1.807) is 24.4 Å². The summed E-state index contributed by atoms with van der Waals surface area (Å²) >= 11 is 5.71. The van der Waals surface area contributed by atoms with Crippen LogP contribution in [0.25, 0.3) is 0 Å². The summed E-state index contributed by atoms with van der Waals surface area (Å²) < 4.78 is 4.91. The van der Waals surface area contributed by atoms with Gasteiger partial charge < -0.3 is 15.0 Å². The summed E-state index contributed by atoms with van der Waals surface area (Å²) in [5.41, 5.74) is 0.979. The number of aromatic nitrogens is 2. The minimum absolute atomic E-state index is 0.274. The highest BCUT2D eigenvalue weighted by molar-refractivity contribution is 6.31. The Labute approximate surface area is 103 Å². The lowest BCUT2D eigenvalue weighted by molar-refractivity contribution is 0.102. The van der Waals surface area contributed by atoms with Crippen molar-refractivity contribution in [2.24, 2.45) is 0 Å². The Morgan fingerprint density at radius 2 is 2.35 bits per heavy atom. The van der Waals surface area contributed by atoms with Crippen molar-refractivity contribution in [2.75, 3.05) is 12.4 Å². The highest BCUT2D eigenvalue weighted by Crippen LogP contribution is 2.14. The molecule has 0 spiro atoms. The van der Waals surface area contributed by atoms with Crippen LogP contribution in [0.3, 0.4) is 0 Å². The van der Waals surface area contributed by atoms with Gasteiger partial charge in [-0.3, -0.25) is 4.79 Å². The van der Waals surface area contributed by atoms with Gasteiger partial charge in [-0.1, -0.05) is 11.6 Å². The van der Waals surface area contributed by atoms with Crippen LogP contribution in [0.2, 0.25) is 5.02 Å². The number of hydrogen-bond donors (Lipinski definition) is 2. The van der Waals surface area contributed by atoms with Gasteiger partial charge in [0.1, 0.15) is 5.69 Å². The fourth-order valence-electron chi connectivity index (χ4n) is 1.27. The van der Waals surface area contributed by atoms with Crippen LogP contribution in [-0.2, 0) is 0 Å². The average Bonchev–Trinajstić information content (AvgIpc) is 2.77. The van der Waals surface area contributed by atoms with Gasteiger partial charge in [-0.15, -0.1) is 0 Å². The second-order valence-electron chi connectivity index (χ2n) is 3.27. The molecule has 0 aromatic carbocycles. The van der Waals surface area contributed by atoms with Crippen molar-refractivity contribution in [3.05, 3.63) is 41.3 Å². The van der Waals surface area contributed by atoms with Crippen molar-refractivity contribution >= 4 is 23.2 Å². The lowest BCUT2D eigenvalue weighted by atomic mass is 10.3. The third kappa shape index (κ3) is 2.76. The van der Waals surface area contributed by atoms with Gasteiger partial charge in [-0.25, -0.2) is 4.98 Å². The van der Waals surface area contributed by atoms with Crippen LogP contribution in [0.4, 0.5) is 5.69 Å². The van der Waals surface area contributed by atoms with Crippen molar-refractivity contribution in [1.82, 2.24) is 9.97 Å². The second kappa shape index (κ2) is 4.88. The summed E-state index contributed by atoms with van der Waals surface area (Å²) in [5.74, 6) is 0.217. The topological polar surface area (TPSA) is 67.0 Å². The van der Waals surface area contributed by atoms with Gasteiger partial charge in [0.15, 0.2) is 0 Å². The van der Waals surface area contributed by atoms with Gasteiger partial charge >= 0.3 is 0 Å². The largest absolute Gasteiger partial charge is 0.481 e. The third-order valence-electron chi connectivity index (χ3n) is 2.10. The van der Waals surface area contributed by atoms with Gasteiger partial charge in [0, 0.05) is 12.3 Å². The third-order valence-corrected chi connectivity index (χ3v) is 2.31. The van der Waals surface area contributed by atoms with Gasteiger partial charge in [-0.2, -0.15) is 0 Å². The Balaban J connectivity index is 2.07. The van der Waals surface area contributed by atoms with E-state index in [9.17, 15) is 4.79 Å². The number of rotatable bonds is 3. The number of hydrogen-bond acceptors (Lipinski definition) is 3. The molecular formula is C11H10ClN3O2. The Morgan fingerprint density at radius 1 is 1.53 bits per heavy atom. The molecule has 2 heterocycles. The molecule has 2 rings (SSSR count). The number of halogens is 1.